The van der Waals surface area contributed by atoms with Crippen LogP contribution >= 0.6 is 24.0 Å². The molecule has 0 aliphatic heterocycles. The Bertz CT molecular complexity index is 398. The highest BCUT2D eigenvalue weighted by Crippen LogP contribution is 2.26. The van der Waals surface area contributed by atoms with Gasteiger partial charge in [0, 0.05) is 24.5 Å². The molecule has 0 aliphatic carbocycles. The molecule has 0 spiro atoms. The van der Waals surface area contributed by atoms with Gasteiger partial charge in [0.2, 0.25) is 5.91 Å². The zero-order chi connectivity index (χ0) is 13.0. The lowest BCUT2D eigenvalue weighted by Gasteiger charge is -2.28. The molecule has 0 aromatic heterocycles. The Morgan fingerprint density at radius 2 is 1.94 bits per heavy atom. The average Bonchev–Trinajstić information content (AvgIpc) is 2.35. The minimum atomic E-state index is -0.162. The number of benzene rings is 1. The molecule has 2 atom stereocenters. The van der Waals surface area contributed by atoms with Crippen LogP contribution in [0.2, 0.25) is 5.02 Å². The van der Waals surface area contributed by atoms with E-state index < -0.39 is 0 Å². The Morgan fingerprint density at radius 3 is 2.44 bits per heavy atom. The van der Waals surface area contributed by atoms with E-state index in [9.17, 15) is 4.79 Å². The smallest absolute Gasteiger partial charge is 0.226 e. The highest BCUT2D eigenvalue weighted by Gasteiger charge is 2.22. The molecule has 2 N–H and O–H groups in total. The molecule has 1 rings (SSSR count). The third-order valence-electron chi connectivity index (χ3n) is 3.06. The van der Waals surface area contributed by atoms with Crippen molar-refractivity contribution in [3.63, 3.8) is 0 Å². The van der Waals surface area contributed by atoms with Gasteiger partial charge in [-0.25, -0.2) is 0 Å². The summed E-state index contributed by atoms with van der Waals surface area (Å²) >= 11 is 6.12. The first-order valence-electron chi connectivity index (χ1n) is 5.70. The molecule has 102 valence electrons. The topological polar surface area (TPSA) is 46.3 Å². The van der Waals surface area contributed by atoms with E-state index in [2.05, 4.69) is 0 Å². The van der Waals surface area contributed by atoms with Crippen LogP contribution in [-0.4, -0.2) is 24.4 Å². The standard InChI is InChI=1S/C13H19ClN2O.ClH/c1-9(8-15)13(17)16(3)10(2)11-6-4-5-7-12(11)14;/h4-7,9-10H,8,15H2,1-3H3;1H. The number of nitrogens with zero attached hydrogens (tertiary/aromatic N) is 1. The molecule has 0 bridgehead atoms. The third-order valence-corrected chi connectivity index (χ3v) is 3.40. The molecule has 0 saturated carbocycles. The number of carbonyl (C=O) groups is 1. The normalized spacial score (nSPS) is 13.4. The van der Waals surface area contributed by atoms with E-state index in [1.54, 1.807) is 11.9 Å². The van der Waals surface area contributed by atoms with Crippen molar-refractivity contribution in [1.82, 2.24) is 4.90 Å². The Labute approximate surface area is 120 Å². The lowest BCUT2D eigenvalue weighted by Crippen LogP contribution is -2.36. The maximum atomic E-state index is 12.0. The van der Waals surface area contributed by atoms with Gasteiger partial charge in [0.1, 0.15) is 0 Å². The number of amides is 1. The molecule has 18 heavy (non-hydrogen) atoms. The van der Waals surface area contributed by atoms with E-state index in [4.69, 9.17) is 17.3 Å². The SMILES string of the molecule is CC(CN)C(=O)N(C)C(C)c1ccccc1Cl.Cl. The summed E-state index contributed by atoms with van der Waals surface area (Å²) in [6, 6.07) is 7.51. The van der Waals surface area contributed by atoms with Crippen LogP contribution in [0.25, 0.3) is 0 Å². The maximum Gasteiger partial charge on any atom is 0.226 e. The monoisotopic (exact) mass is 290 g/mol. The van der Waals surface area contributed by atoms with Gasteiger partial charge in [0.15, 0.2) is 0 Å². The first-order chi connectivity index (χ1) is 7.99. The molecule has 0 aliphatic rings. The second-order valence-electron chi connectivity index (χ2n) is 4.28. The number of rotatable bonds is 4. The summed E-state index contributed by atoms with van der Waals surface area (Å²) in [6.45, 7) is 4.15. The predicted molar refractivity (Wildman–Crippen MR) is 78.1 cm³/mol. The van der Waals surface area contributed by atoms with Gasteiger partial charge in [0.25, 0.3) is 0 Å². The van der Waals surface area contributed by atoms with Crippen molar-refractivity contribution >= 4 is 29.9 Å². The van der Waals surface area contributed by atoms with E-state index in [0.29, 0.717) is 11.6 Å². The number of hydrogen-bond acceptors (Lipinski definition) is 2. The second-order valence-corrected chi connectivity index (χ2v) is 4.69. The van der Waals surface area contributed by atoms with Crippen LogP contribution in [0.3, 0.4) is 0 Å². The van der Waals surface area contributed by atoms with Crippen LogP contribution < -0.4 is 5.73 Å². The second kappa shape index (κ2) is 7.62. The third kappa shape index (κ3) is 3.87. The zero-order valence-electron chi connectivity index (χ0n) is 10.9. The Morgan fingerprint density at radius 1 is 1.39 bits per heavy atom. The van der Waals surface area contributed by atoms with Crippen LogP contribution in [-0.2, 0) is 4.79 Å². The molecular formula is C13H20Cl2N2O. The number of hydrogen-bond donors (Lipinski definition) is 1. The summed E-state index contributed by atoms with van der Waals surface area (Å²) in [5.41, 5.74) is 6.46. The van der Waals surface area contributed by atoms with Crippen molar-refractivity contribution in [3.05, 3.63) is 34.9 Å². The summed E-state index contributed by atoms with van der Waals surface area (Å²) in [5.74, 6) is -0.121. The van der Waals surface area contributed by atoms with Crippen molar-refractivity contribution in [2.45, 2.75) is 19.9 Å². The zero-order valence-corrected chi connectivity index (χ0v) is 12.5. The Kier molecular flexibility index (Phi) is 7.29. The molecule has 2 unspecified atom stereocenters. The van der Waals surface area contributed by atoms with Crippen molar-refractivity contribution in [1.29, 1.82) is 0 Å². The van der Waals surface area contributed by atoms with Crippen LogP contribution in [0, 0.1) is 5.92 Å². The highest BCUT2D eigenvalue weighted by molar-refractivity contribution is 6.31. The van der Waals surface area contributed by atoms with Gasteiger partial charge in [0.05, 0.1) is 6.04 Å². The lowest BCUT2D eigenvalue weighted by molar-refractivity contribution is -0.135. The van der Waals surface area contributed by atoms with Crippen LogP contribution in [0.1, 0.15) is 25.5 Å². The molecule has 0 radical (unpaired) electrons. The van der Waals surface area contributed by atoms with Crippen molar-refractivity contribution in [2.75, 3.05) is 13.6 Å². The minimum Gasteiger partial charge on any atom is -0.339 e. The fourth-order valence-electron chi connectivity index (χ4n) is 1.66. The average molecular weight is 291 g/mol. The quantitative estimate of drug-likeness (QED) is 0.927. The van der Waals surface area contributed by atoms with Crippen LogP contribution in [0.5, 0.6) is 0 Å². The Hall–Kier alpha value is -0.770. The number of carbonyl (C=O) groups excluding carboxylic acids is 1. The Balaban J connectivity index is 0.00000289. The summed E-state index contributed by atoms with van der Waals surface area (Å²) < 4.78 is 0. The van der Waals surface area contributed by atoms with Gasteiger partial charge in [-0.15, -0.1) is 12.4 Å². The van der Waals surface area contributed by atoms with Gasteiger partial charge in [-0.05, 0) is 18.6 Å². The predicted octanol–water partition coefficient (Wildman–Crippen LogP) is 2.88. The van der Waals surface area contributed by atoms with E-state index in [1.807, 2.05) is 38.1 Å². The van der Waals surface area contributed by atoms with E-state index in [-0.39, 0.29) is 30.3 Å². The van der Waals surface area contributed by atoms with Gasteiger partial charge in [-0.3, -0.25) is 4.79 Å². The van der Waals surface area contributed by atoms with Crippen molar-refractivity contribution in [3.8, 4) is 0 Å². The highest BCUT2D eigenvalue weighted by atomic mass is 35.5. The first kappa shape index (κ1) is 17.2. The molecule has 1 aromatic rings. The van der Waals surface area contributed by atoms with Gasteiger partial charge >= 0.3 is 0 Å². The first-order valence-corrected chi connectivity index (χ1v) is 6.08. The number of halogens is 2. The minimum absolute atomic E-state index is 0. The van der Waals surface area contributed by atoms with Crippen molar-refractivity contribution < 1.29 is 4.79 Å². The summed E-state index contributed by atoms with van der Waals surface area (Å²) in [7, 11) is 1.78. The fraction of sp³-hybridized carbons (Fsp3) is 0.462. The molecule has 1 amide bonds. The maximum absolute atomic E-state index is 12.0. The summed E-state index contributed by atoms with van der Waals surface area (Å²) in [4.78, 5) is 13.7. The van der Waals surface area contributed by atoms with Crippen LogP contribution in [0.4, 0.5) is 0 Å². The van der Waals surface area contributed by atoms with E-state index >= 15 is 0 Å². The fourth-order valence-corrected chi connectivity index (χ4v) is 1.96. The molecular weight excluding hydrogens is 271 g/mol. The van der Waals surface area contributed by atoms with E-state index in [1.165, 1.54) is 0 Å². The largest absolute Gasteiger partial charge is 0.339 e. The molecule has 0 fully saturated rings. The van der Waals surface area contributed by atoms with Gasteiger partial charge in [-0.2, -0.15) is 0 Å². The van der Waals surface area contributed by atoms with E-state index in [0.717, 1.165) is 5.56 Å². The summed E-state index contributed by atoms with van der Waals surface area (Å²) in [6.07, 6.45) is 0. The molecule has 0 saturated heterocycles. The molecule has 0 heterocycles. The molecule has 1 aromatic carbocycles. The molecule has 5 heteroatoms. The van der Waals surface area contributed by atoms with Crippen LogP contribution in [0.15, 0.2) is 24.3 Å². The number of nitrogens with two attached hydrogens (primary N) is 1. The molecule has 3 nitrogen and oxygen atoms in total. The lowest BCUT2D eigenvalue weighted by atomic mass is 10.0. The summed E-state index contributed by atoms with van der Waals surface area (Å²) in [5, 5.41) is 0.681. The van der Waals surface area contributed by atoms with Crippen molar-refractivity contribution in [2.24, 2.45) is 11.7 Å². The van der Waals surface area contributed by atoms with Gasteiger partial charge < -0.3 is 10.6 Å². The van der Waals surface area contributed by atoms with Gasteiger partial charge in [-0.1, -0.05) is 36.7 Å².